The molecule has 1 heterocycles. The summed E-state index contributed by atoms with van der Waals surface area (Å²) in [6.45, 7) is 6.90. The second-order valence-electron chi connectivity index (χ2n) is 8.74. The summed E-state index contributed by atoms with van der Waals surface area (Å²) in [7, 11) is 1.81. The zero-order chi connectivity index (χ0) is 24.2. The lowest BCUT2D eigenvalue weighted by atomic mass is 10.0. The number of ether oxygens (including phenoxy) is 1. The molecule has 0 fully saturated rings. The van der Waals surface area contributed by atoms with E-state index in [1.807, 2.05) is 37.4 Å². The topological polar surface area (TPSA) is 64.4 Å². The highest BCUT2D eigenvalue weighted by atomic mass is 16.5. The monoisotopic (exact) mass is 455 g/mol. The number of carbonyl (C=O) groups excluding carboxylic acids is 2. The second-order valence-corrected chi connectivity index (χ2v) is 8.74. The highest BCUT2D eigenvalue weighted by molar-refractivity contribution is 5.94. The molecular weight excluding hydrogens is 426 g/mol. The van der Waals surface area contributed by atoms with Gasteiger partial charge in [0, 0.05) is 24.7 Å². The van der Waals surface area contributed by atoms with Gasteiger partial charge in [-0.15, -0.1) is 0 Å². The van der Waals surface area contributed by atoms with Crippen molar-refractivity contribution in [3.8, 4) is 16.9 Å². The fraction of sp³-hybridized carbons (Fsp3) is 0.250. The predicted octanol–water partition coefficient (Wildman–Crippen LogP) is 5.60. The van der Waals surface area contributed by atoms with Crippen molar-refractivity contribution in [3.63, 3.8) is 0 Å². The van der Waals surface area contributed by atoms with E-state index in [0.717, 1.165) is 27.7 Å². The SMILES string of the molecule is CCOC(=O)c1cc(-c2ccc3ccccc3c2)n(-c2ccc(C(=O)N(C)CC(C)C)cc2)n1. The molecule has 6 heteroatoms. The summed E-state index contributed by atoms with van der Waals surface area (Å²) in [5.41, 5.74) is 3.30. The summed E-state index contributed by atoms with van der Waals surface area (Å²) in [4.78, 5) is 26.9. The molecule has 0 aliphatic heterocycles. The third-order valence-corrected chi connectivity index (χ3v) is 5.58. The van der Waals surface area contributed by atoms with Crippen LogP contribution in [0.25, 0.3) is 27.7 Å². The maximum atomic E-state index is 12.7. The average molecular weight is 456 g/mol. The fourth-order valence-electron chi connectivity index (χ4n) is 4.03. The number of hydrogen-bond donors (Lipinski definition) is 0. The Hall–Kier alpha value is -3.93. The minimum Gasteiger partial charge on any atom is -0.461 e. The molecule has 1 aromatic heterocycles. The molecule has 4 rings (SSSR count). The molecular formula is C28H29N3O3. The Morgan fingerprint density at radius 1 is 0.971 bits per heavy atom. The minimum atomic E-state index is -0.467. The Morgan fingerprint density at radius 3 is 2.35 bits per heavy atom. The van der Waals surface area contributed by atoms with E-state index in [2.05, 4.69) is 43.2 Å². The minimum absolute atomic E-state index is 0.0253. The number of benzene rings is 3. The summed E-state index contributed by atoms with van der Waals surface area (Å²) in [5.74, 6) is -0.101. The van der Waals surface area contributed by atoms with Gasteiger partial charge in [0.2, 0.25) is 0 Å². The predicted molar refractivity (Wildman–Crippen MR) is 134 cm³/mol. The first-order valence-corrected chi connectivity index (χ1v) is 11.5. The Kier molecular flexibility index (Phi) is 6.77. The number of rotatable bonds is 7. The van der Waals surface area contributed by atoms with E-state index in [1.165, 1.54) is 0 Å². The number of aromatic nitrogens is 2. The standard InChI is InChI=1S/C28H29N3O3/c1-5-34-28(33)25-17-26(23-11-10-20-8-6-7-9-22(20)16-23)31(29-25)24-14-12-21(13-15-24)27(32)30(4)18-19(2)3/h6-17,19H,5,18H2,1-4H3. The van der Waals surface area contributed by atoms with Crippen LogP contribution in [0.5, 0.6) is 0 Å². The van der Waals surface area contributed by atoms with Gasteiger partial charge in [0.05, 0.1) is 18.0 Å². The van der Waals surface area contributed by atoms with E-state index in [0.29, 0.717) is 18.0 Å². The molecule has 1 amide bonds. The van der Waals surface area contributed by atoms with Gasteiger partial charge in [0.25, 0.3) is 5.91 Å². The lowest BCUT2D eigenvalue weighted by molar-refractivity contribution is 0.0518. The molecule has 0 unspecified atom stereocenters. The van der Waals surface area contributed by atoms with Crippen LogP contribution < -0.4 is 0 Å². The van der Waals surface area contributed by atoms with Crippen molar-refractivity contribution < 1.29 is 14.3 Å². The van der Waals surface area contributed by atoms with E-state index in [1.54, 1.807) is 34.7 Å². The molecule has 0 N–H and O–H groups in total. The van der Waals surface area contributed by atoms with Gasteiger partial charge >= 0.3 is 5.97 Å². The second kappa shape index (κ2) is 9.91. The third kappa shape index (κ3) is 4.86. The largest absolute Gasteiger partial charge is 0.461 e. The van der Waals surface area contributed by atoms with Crippen LogP contribution in [0, 0.1) is 5.92 Å². The lowest BCUT2D eigenvalue weighted by Crippen LogP contribution is -2.30. The van der Waals surface area contributed by atoms with E-state index in [4.69, 9.17) is 4.74 Å². The smallest absolute Gasteiger partial charge is 0.358 e. The molecule has 0 bridgehead atoms. The summed E-state index contributed by atoms with van der Waals surface area (Å²) in [6, 6.07) is 23.3. The normalized spacial score (nSPS) is 11.1. The maximum absolute atomic E-state index is 12.7. The molecule has 0 spiro atoms. The Morgan fingerprint density at radius 2 is 1.68 bits per heavy atom. The van der Waals surface area contributed by atoms with Crippen molar-refractivity contribution in [3.05, 3.63) is 84.1 Å². The van der Waals surface area contributed by atoms with Crippen LogP contribution in [-0.2, 0) is 4.74 Å². The molecule has 0 saturated heterocycles. The molecule has 0 saturated carbocycles. The number of hydrogen-bond acceptors (Lipinski definition) is 4. The summed E-state index contributed by atoms with van der Waals surface area (Å²) < 4.78 is 6.91. The van der Waals surface area contributed by atoms with E-state index >= 15 is 0 Å². The van der Waals surface area contributed by atoms with E-state index < -0.39 is 5.97 Å². The van der Waals surface area contributed by atoms with Gasteiger partial charge in [-0.25, -0.2) is 9.48 Å². The molecule has 34 heavy (non-hydrogen) atoms. The molecule has 4 aromatic rings. The molecule has 0 radical (unpaired) electrons. The quantitative estimate of drug-likeness (QED) is 0.341. The first-order valence-electron chi connectivity index (χ1n) is 11.5. The van der Waals surface area contributed by atoms with Crippen LogP contribution in [0.15, 0.2) is 72.8 Å². The maximum Gasteiger partial charge on any atom is 0.358 e. The Balaban J connectivity index is 1.74. The van der Waals surface area contributed by atoms with Gasteiger partial charge in [0.15, 0.2) is 5.69 Å². The van der Waals surface area contributed by atoms with Gasteiger partial charge in [-0.3, -0.25) is 4.79 Å². The first-order chi connectivity index (χ1) is 16.4. The molecule has 6 nitrogen and oxygen atoms in total. The Bertz CT molecular complexity index is 1320. The zero-order valence-electron chi connectivity index (χ0n) is 20.0. The van der Waals surface area contributed by atoms with Gasteiger partial charge in [-0.1, -0.05) is 50.2 Å². The van der Waals surface area contributed by atoms with Crippen molar-refractivity contribution in [1.82, 2.24) is 14.7 Å². The van der Waals surface area contributed by atoms with Gasteiger partial charge in [0.1, 0.15) is 0 Å². The van der Waals surface area contributed by atoms with Crippen molar-refractivity contribution in [1.29, 1.82) is 0 Å². The van der Waals surface area contributed by atoms with Crippen LogP contribution in [0.4, 0.5) is 0 Å². The average Bonchev–Trinajstić information content (AvgIpc) is 3.29. The molecule has 0 aliphatic rings. The van der Waals surface area contributed by atoms with Crippen molar-refractivity contribution >= 4 is 22.6 Å². The fourth-order valence-corrected chi connectivity index (χ4v) is 4.03. The number of esters is 1. The molecule has 0 aliphatic carbocycles. The number of carbonyl (C=O) groups is 2. The summed E-state index contributed by atoms with van der Waals surface area (Å²) >= 11 is 0. The van der Waals surface area contributed by atoms with E-state index in [-0.39, 0.29) is 18.2 Å². The molecule has 0 atom stereocenters. The zero-order valence-corrected chi connectivity index (χ0v) is 20.0. The highest BCUT2D eigenvalue weighted by Crippen LogP contribution is 2.28. The van der Waals surface area contributed by atoms with Crippen LogP contribution in [0.3, 0.4) is 0 Å². The summed E-state index contributed by atoms with van der Waals surface area (Å²) in [6.07, 6.45) is 0. The van der Waals surface area contributed by atoms with E-state index in [9.17, 15) is 9.59 Å². The van der Waals surface area contributed by atoms with Crippen LogP contribution in [-0.4, -0.2) is 46.8 Å². The Labute approximate surface area is 199 Å². The van der Waals surface area contributed by atoms with Crippen molar-refractivity contribution in [2.75, 3.05) is 20.2 Å². The number of fused-ring (bicyclic) bond motifs is 1. The summed E-state index contributed by atoms with van der Waals surface area (Å²) in [5, 5.41) is 6.78. The molecule has 3 aromatic carbocycles. The van der Waals surface area contributed by atoms with Gasteiger partial charge in [-0.2, -0.15) is 5.10 Å². The first kappa shape index (κ1) is 23.2. The number of nitrogens with zero attached hydrogens (tertiary/aromatic N) is 3. The van der Waals surface area contributed by atoms with Crippen LogP contribution in [0.1, 0.15) is 41.6 Å². The lowest BCUT2D eigenvalue weighted by Gasteiger charge is -2.19. The third-order valence-electron chi connectivity index (χ3n) is 5.58. The van der Waals surface area contributed by atoms with Crippen LogP contribution in [0.2, 0.25) is 0 Å². The highest BCUT2D eigenvalue weighted by Gasteiger charge is 2.19. The van der Waals surface area contributed by atoms with Crippen LogP contribution >= 0.6 is 0 Å². The van der Waals surface area contributed by atoms with Gasteiger partial charge < -0.3 is 9.64 Å². The van der Waals surface area contributed by atoms with Gasteiger partial charge in [-0.05, 0) is 60.0 Å². The van der Waals surface area contributed by atoms with Crippen molar-refractivity contribution in [2.24, 2.45) is 5.92 Å². The number of amides is 1. The van der Waals surface area contributed by atoms with Crippen molar-refractivity contribution in [2.45, 2.75) is 20.8 Å². The molecule has 174 valence electrons.